The van der Waals surface area contributed by atoms with Crippen LogP contribution in [0, 0.1) is 0 Å². The maximum absolute atomic E-state index is 12.3. The Labute approximate surface area is 128 Å². The predicted molar refractivity (Wildman–Crippen MR) is 88.2 cm³/mol. The summed E-state index contributed by atoms with van der Waals surface area (Å²) in [6, 6.07) is 0. The Hall–Kier alpha value is -1.77. The lowest BCUT2D eigenvalue weighted by Crippen LogP contribution is -2.51. The second-order valence-electron chi connectivity index (χ2n) is 6.87. The van der Waals surface area contributed by atoms with E-state index in [4.69, 9.17) is 4.74 Å². The molecule has 0 aliphatic carbocycles. The van der Waals surface area contributed by atoms with E-state index in [9.17, 15) is 4.79 Å². The molecule has 0 aromatic rings. The highest BCUT2D eigenvalue weighted by Gasteiger charge is 2.36. The summed E-state index contributed by atoms with van der Waals surface area (Å²) < 4.78 is 5.49. The third-order valence-corrected chi connectivity index (χ3v) is 3.38. The number of carbonyl (C=O) groups excluding carboxylic acids is 1. The lowest BCUT2D eigenvalue weighted by Gasteiger charge is -2.42. The third-order valence-electron chi connectivity index (χ3n) is 3.38. The highest BCUT2D eigenvalue weighted by atomic mass is 16.6. The van der Waals surface area contributed by atoms with Crippen molar-refractivity contribution in [1.29, 1.82) is 0 Å². The smallest absolute Gasteiger partial charge is 0.411 e. The fourth-order valence-electron chi connectivity index (χ4n) is 2.37. The second-order valence-corrected chi connectivity index (χ2v) is 6.87. The summed E-state index contributed by atoms with van der Waals surface area (Å²) in [6.45, 7) is 17.9. The maximum Gasteiger partial charge on any atom is 0.411 e. The first-order valence-corrected chi connectivity index (χ1v) is 7.26. The number of hydrogen-bond acceptors (Lipinski definition) is 2. The van der Waals surface area contributed by atoms with Gasteiger partial charge in [-0.2, -0.15) is 0 Å². The Morgan fingerprint density at radius 3 is 2.43 bits per heavy atom. The van der Waals surface area contributed by atoms with E-state index in [-0.39, 0.29) is 11.6 Å². The van der Waals surface area contributed by atoms with Crippen LogP contribution >= 0.6 is 0 Å². The van der Waals surface area contributed by atoms with Gasteiger partial charge in [-0.1, -0.05) is 37.5 Å². The molecule has 3 nitrogen and oxygen atoms in total. The van der Waals surface area contributed by atoms with Crippen molar-refractivity contribution in [3.8, 4) is 0 Å². The van der Waals surface area contributed by atoms with Crippen molar-refractivity contribution < 1.29 is 9.53 Å². The number of hydrogen-bond donors (Lipinski definition) is 0. The van der Waals surface area contributed by atoms with Crippen LogP contribution in [0.5, 0.6) is 0 Å². The van der Waals surface area contributed by atoms with Gasteiger partial charge in [0.25, 0.3) is 0 Å². The summed E-state index contributed by atoms with van der Waals surface area (Å²) in [4.78, 5) is 14.1. The molecule has 0 N–H and O–H groups in total. The molecule has 0 unspecified atom stereocenters. The predicted octanol–water partition coefficient (Wildman–Crippen LogP) is 4.63. The molecule has 1 amide bonds. The number of ether oxygens (including phenoxy) is 1. The quantitative estimate of drug-likeness (QED) is 0.709. The van der Waals surface area contributed by atoms with Gasteiger partial charge in [0.15, 0.2) is 0 Å². The van der Waals surface area contributed by atoms with Crippen LogP contribution in [0.25, 0.3) is 0 Å². The van der Waals surface area contributed by atoms with Gasteiger partial charge in [-0.25, -0.2) is 4.79 Å². The van der Waals surface area contributed by atoms with Gasteiger partial charge < -0.3 is 4.74 Å². The van der Waals surface area contributed by atoms with Crippen molar-refractivity contribution in [2.45, 2.75) is 52.2 Å². The number of rotatable bonds is 3. The lowest BCUT2D eigenvalue weighted by atomic mass is 9.85. The number of nitrogens with zero attached hydrogens (tertiary/aromatic N) is 1. The maximum atomic E-state index is 12.3. The topological polar surface area (TPSA) is 29.5 Å². The van der Waals surface area contributed by atoms with Crippen molar-refractivity contribution in [2.24, 2.45) is 0 Å². The standard InChI is InChI=1S/C18H27NO2/c1-8-10-14(9-2)15-11-12-19(18(6,7)13-15)16(20)21-17(3,4)5/h8-11H,1-2,12-13H2,3-7H3/b14-10+. The van der Waals surface area contributed by atoms with Crippen LogP contribution in [0.3, 0.4) is 0 Å². The monoisotopic (exact) mass is 289 g/mol. The largest absolute Gasteiger partial charge is 0.444 e. The van der Waals surface area contributed by atoms with E-state index >= 15 is 0 Å². The zero-order chi connectivity index (χ0) is 16.3. The number of carbonyl (C=O) groups is 1. The van der Waals surface area contributed by atoms with Crippen LogP contribution in [-0.4, -0.2) is 28.7 Å². The minimum absolute atomic E-state index is 0.268. The second kappa shape index (κ2) is 6.33. The van der Waals surface area contributed by atoms with Crippen molar-refractivity contribution in [3.05, 3.63) is 48.6 Å². The molecule has 0 radical (unpaired) electrons. The molecule has 0 aromatic carbocycles. The first-order chi connectivity index (χ1) is 9.60. The van der Waals surface area contributed by atoms with Crippen LogP contribution in [0.2, 0.25) is 0 Å². The molecule has 0 saturated heterocycles. The van der Waals surface area contributed by atoms with Crippen LogP contribution in [0.15, 0.2) is 48.6 Å². The van der Waals surface area contributed by atoms with Gasteiger partial charge >= 0.3 is 6.09 Å². The molecule has 0 aromatic heterocycles. The molecule has 0 spiro atoms. The highest BCUT2D eigenvalue weighted by Crippen LogP contribution is 2.33. The van der Waals surface area contributed by atoms with Crippen LogP contribution in [0.4, 0.5) is 4.79 Å². The van der Waals surface area contributed by atoms with E-state index in [0.717, 1.165) is 12.0 Å². The molecule has 1 heterocycles. The van der Waals surface area contributed by atoms with Crippen LogP contribution in [0.1, 0.15) is 41.0 Å². The molecule has 0 atom stereocenters. The molecule has 0 bridgehead atoms. The fraction of sp³-hybridized carbons (Fsp3) is 0.500. The van der Waals surface area contributed by atoms with Gasteiger partial charge in [-0.15, -0.1) is 0 Å². The van der Waals surface area contributed by atoms with Crippen molar-refractivity contribution in [1.82, 2.24) is 4.90 Å². The minimum Gasteiger partial charge on any atom is -0.444 e. The average molecular weight is 289 g/mol. The van der Waals surface area contributed by atoms with Gasteiger partial charge in [0.1, 0.15) is 5.60 Å². The Morgan fingerprint density at radius 1 is 1.38 bits per heavy atom. The molecular weight excluding hydrogens is 262 g/mol. The zero-order valence-corrected chi connectivity index (χ0v) is 13.9. The van der Waals surface area contributed by atoms with Crippen LogP contribution in [-0.2, 0) is 4.74 Å². The van der Waals surface area contributed by atoms with Gasteiger partial charge in [0.2, 0.25) is 0 Å². The van der Waals surface area contributed by atoms with E-state index in [0.29, 0.717) is 6.54 Å². The fourth-order valence-corrected chi connectivity index (χ4v) is 2.37. The summed E-state index contributed by atoms with van der Waals surface area (Å²) in [7, 11) is 0. The summed E-state index contributed by atoms with van der Waals surface area (Å²) in [6.07, 6.45) is 8.08. The number of amides is 1. The average Bonchev–Trinajstić information content (AvgIpc) is 2.32. The lowest BCUT2D eigenvalue weighted by molar-refractivity contribution is 0.00494. The van der Waals surface area contributed by atoms with E-state index in [1.165, 1.54) is 5.57 Å². The van der Waals surface area contributed by atoms with Gasteiger partial charge in [-0.3, -0.25) is 4.90 Å². The van der Waals surface area contributed by atoms with Crippen molar-refractivity contribution in [3.63, 3.8) is 0 Å². The molecule has 1 rings (SSSR count). The van der Waals surface area contributed by atoms with Crippen LogP contribution < -0.4 is 0 Å². The molecule has 116 valence electrons. The van der Waals surface area contributed by atoms with E-state index in [2.05, 4.69) is 33.1 Å². The SMILES string of the molecule is C=C/C=C(\C=C)C1=CCN(C(=O)OC(C)(C)C)C(C)(C)C1. The first-order valence-electron chi connectivity index (χ1n) is 7.26. The molecule has 1 aliphatic heterocycles. The summed E-state index contributed by atoms with van der Waals surface area (Å²) in [5.74, 6) is 0. The molecular formula is C18H27NO2. The van der Waals surface area contributed by atoms with E-state index in [1.807, 2.05) is 32.9 Å². The molecule has 0 saturated carbocycles. The molecule has 3 heteroatoms. The first kappa shape index (κ1) is 17.3. The summed E-state index contributed by atoms with van der Waals surface area (Å²) >= 11 is 0. The summed E-state index contributed by atoms with van der Waals surface area (Å²) in [5, 5.41) is 0. The molecule has 1 aliphatic rings. The van der Waals surface area contributed by atoms with Gasteiger partial charge in [0, 0.05) is 12.1 Å². The molecule has 21 heavy (non-hydrogen) atoms. The Balaban J connectivity index is 2.98. The Bertz CT molecular complexity index is 490. The van der Waals surface area contributed by atoms with Crippen molar-refractivity contribution in [2.75, 3.05) is 6.54 Å². The minimum atomic E-state index is -0.480. The van der Waals surface area contributed by atoms with Gasteiger partial charge in [0.05, 0.1) is 0 Å². The third kappa shape index (κ3) is 4.62. The van der Waals surface area contributed by atoms with Gasteiger partial charge in [-0.05, 0) is 52.2 Å². The zero-order valence-electron chi connectivity index (χ0n) is 13.9. The van der Waals surface area contributed by atoms with Crippen molar-refractivity contribution >= 4 is 6.09 Å². The van der Waals surface area contributed by atoms with E-state index < -0.39 is 5.60 Å². The van der Waals surface area contributed by atoms with E-state index in [1.54, 1.807) is 11.0 Å². The Morgan fingerprint density at radius 2 is 2.00 bits per heavy atom. The number of allylic oxidation sites excluding steroid dienone is 4. The Kier molecular flexibility index (Phi) is 5.21. The summed E-state index contributed by atoms with van der Waals surface area (Å²) in [5.41, 5.74) is 1.47. The molecule has 0 fully saturated rings. The normalized spacial score (nSPS) is 18.8. The highest BCUT2D eigenvalue weighted by molar-refractivity contribution is 5.70.